The van der Waals surface area contributed by atoms with Crippen molar-refractivity contribution in [1.29, 1.82) is 0 Å². The van der Waals surface area contributed by atoms with Gasteiger partial charge in [-0.1, -0.05) is 40.5 Å². The van der Waals surface area contributed by atoms with Gasteiger partial charge in [0.25, 0.3) is 0 Å². The molecule has 1 fully saturated rings. The summed E-state index contributed by atoms with van der Waals surface area (Å²) in [5.74, 6) is 2.43. The van der Waals surface area contributed by atoms with E-state index < -0.39 is 0 Å². The molecule has 4 heteroatoms. The summed E-state index contributed by atoms with van der Waals surface area (Å²) in [5.41, 5.74) is 1.07. The number of aromatic nitrogens is 2. The number of hydrogen-bond acceptors (Lipinski definition) is 4. The zero-order valence-electron chi connectivity index (χ0n) is 13.1. The van der Waals surface area contributed by atoms with Gasteiger partial charge in [-0.25, -0.2) is 9.97 Å². The molecule has 2 rings (SSSR count). The summed E-state index contributed by atoms with van der Waals surface area (Å²) < 4.78 is 0. The molecule has 0 saturated heterocycles. The second kappa shape index (κ2) is 6.53. The predicted octanol–water partition coefficient (Wildman–Crippen LogP) is 3.44. The van der Waals surface area contributed by atoms with Gasteiger partial charge in [-0.05, 0) is 18.8 Å². The van der Waals surface area contributed by atoms with Gasteiger partial charge in [0, 0.05) is 17.7 Å². The van der Waals surface area contributed by atoms with Crippen molar-refractivity contribution in [2.45, 2.75) is 77.4 Å². The van der Waals surface area contributed by atoms with Crippen molar-refractivity contribution in [3.8, 4) is 0 Å². The molecule has 1 aliphatic rings. The van der Waals surface area contributed by atoms with Crippen LogP contribution in [0.2, 0.25) is 0 Å². The summed E-state index contributed by atoms with van der Waals surface area (Å²) in [7, 11) is 0. The fourth-order valence-electron chi connectivity index (χ4n) is 2.58. The lowest BCUT2D eigenvalue weighted by Crippen LogP contribution is -2.36. The van der Waals surface area contributed by atoms with E-state index in [0.717, 1.165) is 36.6 Å². The maximum absolute atomic E-state index is 10.1. The standard InChI is InChI=1S/C16H27N3O/c1-10(2)13-9-15(19-16(18-13)11(3)4)17-12-7-5-6-8-14(12)20/h9-12,14,20H,5-8H2,1-4H3,(H,17,18,19)/t12-,14-/m0/s1. The van der Waals surface area contributed by atoms with E-state index in [9.17, 15) is 5.11 Å². The van der Waals surface area contributed by atoms with E-state index in [2.05, 4.69) is 43.0 Å². The number of rotatable bonds is 4. The van der Waals surface area contributed by atoms with Crippen LogP contribution in [-0.2, 0) is 0 Å². The van der Waals surface area contributed by atoms with Crippen LogP contribution >= 0.6 is 0 Å². The number of anilines is 1. The van der Waals surface area contributed by atoms with E-state index in [1.54, 1.807) is 0 Å². The first-order valence-corrected chi connectivity index (χ1v) is 7.81. The summed E-state index contributed by atoms with van der Waals surface area (Å²) in [4.78, 5) is 9.24. The van der Waals surface area contributed by atoms with Gasteiger partial charge in [-0.2, -0.15) is 0 Å². The Morgan fingerprint density at radius 1 is 1.10 bits per heavy atom. The average Bonchev–Trinajstić information content (AvgIpc) is 2.41. The first kappa shape index (κ1) is 15.2. The van der Waals surface area contributed by atoms with Crippen LogP contribution in [0.1, 0.15) is 76.7 Å². The maximum atomic E-state index is 10.1. The molecule has 2 N–H and O–H groups in total. The topological polar surface area (TPSA) is 58.0 Å². The Bertz CT molecular complexity index is 419. The van der Waals surface area contributed by atoms with Crippen molar-refractivity contribution in [3.63, 3.8) is 0 Å². The minimum atomic E-state index is -0.260. The summed E-state index contributed by atoms with van der Waals surface area (Å²) in [6.07, 6.45) is 3.94. The molecule has 0 amide bonds. The quantitative estimate of drug-likeness (QED) is 0.885. The lowest BCUT2D eigenvalue weighted by molar-refractivity contribution is 0.116. The Morgan fingerprint density at radius 2 is 1.80 bits per heavy atom. The van der Waals surface area contributed by atoms with E-state index >= 15 is 0 Å². The smallest absolute Gasteiger partial charge is 0.133 e. The van der Waals surface area contributed by atoms with Gasteiger partial charge in [0.05, 0.1) is 12.1 Å². The molecule has 1 aliphatic carbocycles. The van der Waals surface area contributed by atoms with Crippen LogP contribution in [-0.4, -0.2) is 27.2 Å². The van der Waals surface area contributed by atoms with Crippen molar-refractivity contribution < 1.29 is 5.11 Å². The molecule has 1 saturated carbocycles. The van der Waals surface area contributed by atoms with Crippen LogP contribution < -0.4 is 5.32 Å². The van der Waals surface area contributed by atoms with Crippen LogP contribution in [0.3, 0.4) is 0 Å². The zero-order chi connectivity index (χ0) is 14.7. The van der Waals surface area contributed by atoms with Crippen LogP contribution in [0.5, 0.6) is 0 Å². The Labute approximate surface area is 122 Å². The van der Waals surface area contributed by atoms with Crippen molar-refractivity contribution in [1.82, 2.24) is 9.97 Å². The molecule has 1 aromatic heterocycles. The monoisotopic (exact) mass is 277 g/mol. The highest BCUT2D eigenvalue weighted by atomic mass is 16.3. The molecular formula is C16H27N3O. The van der Waals surface area contributed by atoms with E-state index in [4.69, 9.17) is 0 Å². The first-order valence-electron chi connectivity index (χ1n) is 7.81. The number of aliphatic hydroxyl groups excluding tert-OH is 1. The van der Waals surface area contributed by atoms with E-state index in [-0.39, 0.29) is 12.1 Å². The van der Waals surface area contributed by atoms with Crippen molar-refractivity contribution in [2.75, 3.05) is 5.32 Å². The summed E-state index contributed by atoms with van der Waals surface area (Å²) in [6, 6.07) is 2.15. The number of nitrogens with zero attached hydrogens (tertiary/aromatic N) is 2. The van der Waals surface area contributed by atoms with Gasteiger partial charge in [0.2, 0.25) is 0 Å². The van der Waals surface area contributed by atoms with Crippen molar-refractivity contribution in [3.05, 3.63) is 17.6 Å². The minimum Gasteiger partial charge on any atom is -0.391 e. The SMILES string of the molecule is CC(C)c1cc(N[C@H]2CCCC[C@@H]2O)nc(C(C)C)n1. The average molecular weight is 277 g/mol. The maximum Gasteiger partial charge on any atom is 0.133 e. The van der Waals surface area contributed by atoms with Gasteiger partial charge in [0.1, 0.15) is 11.6 Å². The molecule has 0 spiro atoms. The van der Waals surface area contributed by atoms with Gasteiger partial charge >= 0.3 is 0 Å². The molecule has 20 heavy (non-hydrogen) atoms. The van der Waals surface area contributed by atoms with E-state index in [1.807, 2.05) is 6.07 Å². The normalized spacial score (nSPS) is 23.4. The van der Waals surface area contributed by atoms with Gasteiger partial charge < -0.3 is 10.4 Å². The Hall–Kier alpha value is -1.16. The summed E-state index contributed by atoms with van der Waals surface area (Å²) >= 11 is 0. The third-order valence-electron chi connectivity index (χ3n) is 3.93. The highest BCUT2D eigenvalue weighted by molar-refractivity contribution is 5.39. The fourth-order valence-corrected chi connectivity index (χ4v) is 2.58. The lowest BCUT2D eigenvalue weighted by Gasteiger charge is -2.29. The van der Waals surface area contributed by atoms with Crippen molar-refractivity contribution >= 4 is 5.82 Å². The van der Waals surface area contributed by atoms with Gasteiger partial charge in [0.15, 0.2) is 0 Å². The summed E-state index contributed by atoms with van der Waals surface area (Å²) in [5, 5.41) is 13.5. The molecule has 2 atom stereocenters. The number of hydrogen-bond donors (Lipinski definition) is 2. The van der Waals surface area contributed by atoms with Crippen molar-refractivity contribution in [2.24, 2.45) is 0 Å². The highest BCUT2D eigenvalue weighted by Crippen LogP contribution is 2.24. The van der Waals surface area contributed by atoms with Gasteiger partial charge in [-0.15, -0.1) is 0 Å². The van der Waals surface area contributed by atoms with Crippen LogP contribution in [0, 0.1) is 0 Å². The molecule has 1 heterocycles. The molecular weight excluding hydrogens is 250 g/mol. The molecule has 0 radical (unpaired) electrons. The molecule has 0 aromatic carbocycles. The second-order valence-electron chi connectivity index (χ2n) is 6.45. The van der Waals surface area contributed by atoms with E-state index in [0.29, 0.717) is 11.8 Å². The molecule has 4 nitrogen and oxygen atoms in total. The molecule has 0 bridgehead atoms. The second-order valence-corrected chi connectivity index (χ2v) is 6.45. The lowest BCUT2D eigenvalue weighted by atomic mass is 9.92. The van der Waals surface area contributed by atoms with Crippen LogP contribution in [0.15, 0.2) is 6.07 Å². The minimum absolute atomic E-state index is 0.124. The Kier molecular flexibility index (Phi) is 4.97. The molecule has 112 valence electrons. The van der Waals surface area contributed by atoms with E-state index in [1.165, 1.54) is 6.42 Å². The largest absolute Gasteiger partial charge is 0.391 e. The Morgan fingerprint density at radius 3 is 2.40 bits per heavy atom. The molecule has 0 unspecified atom stereocenters. The third kappa shape index (κ3) is 3.69. The predicted molar refractivity (Wildman–Crippen MR) is 82.1 cm³/mol. The third-order valence-corrected chi connectivity index (χ3v) is 3.93. The van der Waals surface area contributed by atoms with Crippen LogP contribution in [0.25, 0.3) is 0 Å². The zero-order valence-corrected chi connectivity index (χ0v) is 13.1. The Balaban J connectivity index is 2.21. The van der Waals surface area contributed by atoms with Gasteiger partial charge in [-0.3, -0.25) is 0 Å². The molecule has 0 aliphatic heterocycles. The number of nitrogens with one attached hydrogen (secondary N) is 1. The summed E-state index contributed by atoms with van der Waals surface area (Å²) in [6.45, 7) is 8.51. The van der Waals surface area contributed by atoms with Crippen LogP contribution in [0.4, 0.5) is 5.82 Å². The molecule has 1 aromatic rings. The highest BCUT2D eigenvalue weighted by Gasteiger charge is 2.23. The fraction of sp³-hybridized carbons (Fsp3) is 0.750. The first-order chi connectivity index (χ1) is 9.47. The number of aliphatic hydroxyl groups is 1.